The van der Waals surface area contributed by atoms with Gasteiger partial charge in [-0.15, -0.1) is 6.58 Å². The lowest BCUT2D eigenvalue weighted by atomic mass is 10.0. The molecule has 1 N–H and O–H groups in total. The summed E-state index contributed by atoms with van der Waals surface area (Å²) in [6.07, 6.45) is 4.68. The van der Waals surface area contributed by atoms with Crippen LogP contribution in [0.15, 0.2) is 67.4 Å². The summed E-state index contributed by atoms with van der Waals surface area (Å²) in [6, 6.07) is 16.7. The molecule has 92 valence electrons. The molecule has 1 aromatic carbocycles. The van der Waals surface area contributed by atoms with E-state index < -0.39 is 0 Å². The number of aromatic nitrogens is 1. The molecule has 0 aliphatic rings. The zero-order valence-electron chi connectivity index (χ0n) is 10.4. The summed E-state index contributed by atoms with van der Waals surface area (Å²) in [5.74, 6) is 0. The molecule has 1 heterocycles. The number of benzene rings is 1. The lowest BCUT2D eigenvalue weighted by Gasteiger charge is -2.17. The van der Waals surface area contributed by atoms with E-state index in [0.29, 0.717) is 6.04 Å². The predicted octanol–water partition coefficient (Wildman–Crippen LogP) is 3.49. The van der Waals surface area contributed by atoms with Gasteiger partial charge in [-0.25, -0.2) is 0 Å². The Labute approximate surface area is 108 Å². The number of rotatable bonds is 6. The van der Waals surface area contributed by atoms with E-state index in [2.05, 4.69) is 41.1 Å². The van der Waals surface area contributed by atoms with E-state index in [0.717, 1.165) is 18.7 Å². The molecule has 2 rings (SSSR count). The van der Waals surface area contributed by atoms with Gasteiger partial charge in [0.25, 0.3) is 0 Å². The Morgan fingerprint density at radius 3 is 2.56 bits per heavy atom. The van der Waals surface area contributed by atoms with Crippen LogP contribution in [-0.2, 0) is 6.54 Å². The molecule has 2 nitrogen and oxygen atoms in total. The predicted molar refractivity (Wildman–Crippen MR) is 75.1 cm³/mol. The largest absolute Gasteiger partial charge is 0.304 e. The topological polar surface area (TPSA) is 24.9 Å². The molecule has 2 aromatic rings. The SMILES string of the molecule is C=CCC(NCc1ccccn1)c1ccccc1. The van der Waals surface area contributed by atoms with Crippen LogP contribution in [0.5, 0.6) is 0 Å². The number of hydrogen-bond donors (Lipinski definition) is 1. The fraction of sp³-hybridized carbons (Fsp3) is 0.188. The third-order valence-corrected chi connectivity index (χ3v) is 2.86. The average Bonchev–Trinajstić information content (AvgIpc) is 2.45. The third kappa shape index (κ3) is 3.54. The Morgan fingerprint density at radius 2 is 1.89 bits per heavy atom. The molecule has 0 amide bonds. The van der Waals surface area contributed by atoms with Crippen molar-refractivity contribution < 1.29 is 0 Å². The van der Waals surface area contributed by atoms with E-state index >= 15 is 0 Å². The van der Waals surface area contributed by atoms with Crippen LogP contribution < -0.4 is 5.32 Å². The summed E-state index contributed by atoms with van der Waals surface area (Å²) < 4.78 is 0. The van der Waals surface area contributed by atoms with Crippen LogP contribution in [-0.4, -0.2) is 4.98 Å². The van der Waals surface area contributed by atoms with Crippen molar-refractivity contribution in [2.45, 2.75) is 19.0 Å². The van der Waals surface area contributed by atoms with Crippen LogP contribution in [0.4, 0.5) is 0 Å². The molecule has 2 heteroatoms. The molecule has 0 aliphatic carbocycles. The monoisotopic (exact) mass is 238 g/mol. The van der Waals surface area contributed by atoms with Gasteiger partial charge in [-0.2, -0.15) is 0 Å². The lowest BCUT2D eigenvalue weighted by molar-refractivity contribution is 0.533. The highest BCUT2D eigenvalue weighted by Gasteiger charge is 2.08. The van der Waals surface area contributed by atoms with Crippen molar-refractivity contribution in [1.29, 1.82) is 0 Å². The second kappa shape index (κ2) is 6.72. The Hall–Kier alpha value is -1.93. The highest BCUT2D eigenvalue weighted by molar-refractivity contribution is 5.19. The summed E-state index contributed by atoms with van der Waals surface area (Å²) in [6.45, 7) is 4.60. The summed E-state index contributed by atoms with van der Waals surface area (Å²) in [4.78, 5) is 4.32. The van der Waals surface area contributed by atoms with Gasteiger partial charge in [0.15, 0.2) is 0 Å². The van der Waals surface area contributed by atoms with Crippen molar-refractivity contribution >= 4 is 0 Å². The van der Waals surface area contributed by atoms with Crippen LogP contribution >= 0.6 is 0 Å². The fourth-order valence-electron chi connectivity index (χ4n) is 1.92. The molecule has 0 saturated carbocycles. The molecule has 0 spiro atoms. The van der Waals surface area contributed by atoms with Crippen LogP contribution in [0.1, 0.15) is 23.7 Å². The molecule has 0 aliphatic heterocycles. The summed E-state index contributed by atoms with van der Waals surface area (Å²) in [5.41, 5.74) is 2.34. The van der Waals surface area contributed by atoms with Crippen molar-refractivity contribution in [3.05, 3.63) is 78.6 Å². The maximum absolute atomic E-state index is 4.32. The molecule has 18 heavy (non-hydrogen) atoms. The van der Waals surface area contributed by atoms with Gasteiger partial charge in [0, 0.05) is 18.8 Å². The van der Waals surface area contributed by atoms with Crippen LogP contribution in [0.25, 0.3) is 0 Å². The molecule has 1 unspecified atom stereocenters. The number of pyridine rings is 1. The minimum absolute atomic E-state index is 0.297. The van der Waals surface area contributed by atoms with Crippen molar-refractivity contribution in [2.75, 3.05) is 0 Å². The summed E-state index contributed by atoms with van der Waals surface area (Å²) in [7, 11) is 0. The zero-order valence-corrected chi connectivity index (χ0v) is 10.4. The average molecular weight is 238 g/mol. The summed E-state index contributed by atoms with van der Waals surface area (Å²) >= 11 is 0. The van der Waals surface area contributed by atoms with Gasteiger partial charge in [0.05, 0.1) is 5.69 Å². The molecular formula is C16H18N2. The first-order valence-corrected chi connectivity index (χ1v) is 6.19. The minimum Gasteiger partial charge on any atom is -0.304 e. The molecule has 0 radical (unpaired) electrons. The first kappa shape index (κ1) is 12.5. The number of nitrogens with one attached hydrogen (secondary N) is 1. The standard InChI is InChI=1S/C16H18N2/c1-2-8-16(14-9-4-3-5-10-14)18-13-15-11-6-7-12-17-15/h2-7,9-12,16,18H,1,8,13H2. The van der Waals surface area contributed by atoms with Gasteiger partial charge in [0.2, 0.25) is 0 Å². The van der Waals surface area contributed by atoms with E-state index in [1.807, 2.05) is 36.5 Å². The van der Waals surface area contributed by atoms with Crippen molar-refractivity contribution in [3.63, 3.8) is 0 Å². The molecule has 0 fully saturated rings. The molecule has 1 aromatic heterocycles. The highest BCUT2D eigenvalue weighted by atomic mass is 14.9. The summed E-state index contributed by atoms with van der Waals surface area (Å²) in [5, 5.41) is 3.52. The van der Waals surface area contributed by atoms with Gasteiger partial charge in [-0.05, 0) is 24.1 Å². The minimum atomic E-state index is 0.297. The second-order valence-electron chi connectivity index (χ2n) is 4.19. The number of nitrogens with zero attached hydrogens (tertiary/aromatic N) is 1. The highest BCUT2D eigenvalue weighted by Crippen LogP contribution is 2.17. The van der Waals surface area contributed by atoms with Gasteiger partial charge < -0.3 is 5.32 Å². The first-order chi connectivity index (χ1) is 8.90. The Kier molecular flexibility index (Phi) is 4.68. The third-order valence-electron chi connectivity index (χ3n) is 2.86. The quantitative estimate of drug-likeness (QED) is 0.779. The van der Waals surface area contributed by atoms with E-state index in [-0.39, 0.29) is 0 Å². The van der Waals surface area contributed by atoms with E-state index in [4.69, 9.17) is 0 Å². The van der Waals surface area contributed by atoms with Crippen molar-refractivity contribution in [2.24, 2.45) is 0 Å². The van der Waals surface area contributed by atoms with Crippen molar-refractivity contribution in [1.82, 2.24) is 10.3 Å². The maximum Gasteiger partial charge on any atom is 0.0541 e. The molecule has 0 saturated heterocycles. The fourth-order valence-corrected chi connectivity index (χ4v) is 1.92. The van der Waals surface area contributed by atoms with Crippen molar-refractivity contribution in [3.8, 4) is 0 Å². The van der Waals surface area contributed by atoms with E-state index in [1.165, 1.54) is 5.56 Å². The Morgan fingerprint density at radius 1 is 1.11 bits per heavy atom. The van der Waals surface area contributed by atoms with Crippen LogP contribution in [0.2, 0.25) is 0 Å². The van der Waals surface area contributed by atoms with Gasteiger partial charge in [-0.3, -0.25) is 4.98 Å². The Balaban J connectivity index is 2.01. The van der Waals surface area contributed by atoms with Gasteiger partial charge in [-0.1, -0.05) is 42.5 Å². The van der Waals surface area contributed by atoms with Crippen LogP contribution in [0, 0.1) is 0 Å². The smallest absolute Gasteiger partial charge is 0.0541 e. The second-order valence-corrected chi connectivity index (χ2v) is 4.19. The normalized spacial score (nSPS) is 12.0. The molecule has 0 bridgehead atoms. The molecule has 1 atom stereocenters. The van der Waals surface area contributed by atoms with E-state index in [9.17, 15) is 0 Å². The zero-order chi connectivity index (χ0) is 12.6. The van der Waals surface area contributed by atoms with Gasteiger partial charge in [0.1, 0.15) is 0 Å². The molecular weight excluding hydrogens is 220 g/mol. The van der Waals surface area contributed by atoms with Gasteiger partial charge >= 0.3 is 0 Å². The Bertz CT molecular complexity index is 465. The first-order valence-electron chi connectivity index (χ1n) is 6.19. The lowest BCUT2D eigenvalue weighted by Crippen LogP contribution is -2.20. The van der Waals surface area contributed by atoms with Crippen LogP contribution in [0.3, 0.4) is 0 Å². The van der Waals surface area contributed by atoms with E-state index in [1.54, 1.807) is 0 Å². The number of hydrogen-bond acceptors (Lipinski definition) is 2. The maximum atomic E-state index is 4.32.